The summed E-state index contributed by atoms with van der Waals surface area (Å²) in [6, 6.07) is 11.7. The molecule has 11 nitrogen and oxygen atoms in total. The van der Waals surface area contributed by atoms with Gasteiger partial charge in [0.25, 0.3) is 5.91 Å². The molecule has 0 radical (unpaired) electrons. The average Bonchev–Trinajstić information content (AvgIpc) is 3.01. The number of benzene rings is 2. The van der Waals surface area contributed by atoms with Gasteiger partial charge < -0.3 is 24.6 Å². The summed E-state index contributed by atoms with van der Waals surface area (Å²) in [5.41, 5.74) is 0.425. The van der Waals surface area contributed by atoms with Crippen LogP contribution in [0, 0.1) is 0 Å². The van der Waals surface area contributed by atoms with Gasteiger partial charge in [-0.15, -0.1) is 0 Å². The Labute approximate surface area is 283 Å². The fraction of sp³-hybridized carbons (Fsp3) is 0.568. The predicted molar refractivity (Wildman–Crippen MR) is 182 cm³/mol. The highest BCUT2D eigenvalue weighted by atomic mass is 16.6. The number of fused-ring (bicyclic) bond motifs is 5. The van der Waals surface area contributed by atoms with Crippen molar-refractivity contribution in [1.29, 1.82) is 0 Å². The number of hydrogen-bond acceptors (Lipinski definition) is 8. The third-order valence-corrected chi connectivity index (χ3v) is 9.49. The SMILES string of the molecule is CCC12CCCCc3ccc4c(c3)[C@@H](NC(=O)c3cccc(c3)[C@@H](CCOC)N(C(=O)C1)C(NC(=O)OC(C)(C)C)=N2)[C@H](O)C(C)(C)O4. The Bertz CT molecular complexity index is 1560. The predicted octanol–water partition coefficient (Wildman–Crippen LogP) is 5.76. The van der Waals surface area contributed by atoms with E-state index in [1.807, 2.05) is 45.0 Å². The van der Waals surface area contributed by atoms with E-state index in [0.717, 1.165) is 30.4 Å². The van der Waals surface area contributed by atoms with Crippen LogP contribution in [0.5, 0.6) is 5.75 Å². The van der Waals surface area contributed by atoms with Crippen LogP contribution < -0.4 is 15.4 Å². The number of rotatable bonds is 4. The topological polar surface area (TPSA) is 139 Å². The number of nitrogens with zero attached hydrogens (tertiary/aromatic N) is 2. The van der Waals surface area contributed by atoms with Crippen molar-refractivity contribution in [3.05, 3.63) is 64.7 Å². The lowest BCUT2D eigenvalue weighted by molar-refractivity contribution is -0.132. The fourth-order valence-corrected chi connectivity index (χ4v) is 6.86. The normalized spacial score (nSPS) is 25.6. The molecule has 4 aliphatic heterocycles. The number of alkyl carbamates (subject to hydrolysis) is 1. The molecule has 4 aliphatic rings. The van der Waals surface area contributed by atoms with Crippen molar-refractivity contribution in [2.75, 3.05) is 13.7 Å². The summed E-state index contributed by atoms with van der Waals surface area (Å²) in [6.07, 6.45) is 2.48. The molecule has 48 heavy (non-hydrogen) atoms. The van der Waals surface area contributed by atoms with Crippen molar-refractivity contribution < 1.29 is 33.7 Å². The summed E-state index contributed by atoms with van der Waals surface area (Å²) in [5.74, 6) is 0.210. The highest BCUT2D eigenvalue weighted by Gasteiger charge is 2.45. The molecule has 260 valence electrons. The molecule has 2 aromatic carbocycles. The van der Waals surface area contributed by atoms with E-state index in [0.29, 0.717) is 42.7 Å². The van der Waals surface area contributed by atoms with Gasteiger partial charge in [-0.25, -0.2) is 9.79 Å². The van der Waals surface area contributed by atoms with E-state index in [1.54, 1.807) is 46.1 Å². The van der Waals surface area contributed by atoms with Gasteiger partial charge in [0.15, 0.2) is 0 Å². The standard InChI is InChI=1S/C37H50N4O7/c1-8-37-18-10-9-12-23-15-16-28-26(20-23)30(31(43)36(5,6)47-28)38-32(44)25-14-11-13-24(21-25)27(17-19-46-7)41(29(42)22-37)33(40-37)39-34(45)48-35(2,3)4/h11,13-16,20-21,27,30-31,43H,8-10,12,17-19,22H2,1-7H3,(H,38,44)(H,39,40,45)/t27-,30-,31+,37?/m1/s1. The Morgan fingerprint density at radius 2 is 1.94 bits per heavy atom. The van der Waals surface area contributed by atoms with E-state index < -0.39 is 41.0 Å². The van der Waals surface area contributed by atoms with Gasteiger partial charge in [-0.1, -0.05) is 31.5 Å². The minimum Gasteiger partial charge on any atom is -0.485 e. The van der Waals surface area contributed by atoms with Crippen LogP contribution in [0.4, 0.5) is 4.79 Å². The number of guanidine groups is 1. The van der Waals surface area contributed by atoms with Crippen LogP contribution in [0.25, 0.3) is 0 Å². The zero-order chi connectivity index (χ0) is 34.9. The van der Waals surface area contributed by atoms with Gasteiger partial charge in [0.2, 0.25) is 11.9 Å². The molecular weight excluding hydrogens is 612 g/mol. The Morgan fingerprint density at radius 3 is 2.65 bits per heavy atom. The second kappa shape index (κ2) is 13.9. The van der Waals surface area contributed by atoms with Crippen LogP contribution in [0.1, 0.15) is 119 Å². The molecule has 6 bridgehead atoms. The van der Waals surface area contributed by atoms with Gasteiger partial charge in [0.1, 0.15) is 23.1 Å². The molecule has 3 N–H and O–H groups in total. The quantitative estimate of drug-likeness (QED) is 0.379. The van der Waals surface area contributed by atoms with E-state index in [9.17, 15) is 19.5 Å². The van der Waals surface area contributed by atoms with E-state index in [-0.39, 0.29) is 24.2 Å². The Morgan fingerprint density at radius 1 is 1.17 bits per heavy atom. The molecule has 0 fully saturated rings. The number of aliphatic imine (C=N–C) groups is 1. The lowest BCUT2D eigenvalue weighted by atomic mass is 9.83. The van der Waals surface area contributed by atoms with Crippen molar-refractivity contribution in [3.8, 4) is 5.75 Å². The van der Waals surface area contributed by atoms with Crippen LogP contribution in [0.2, 0.25) is 0 Å². The number of aryl methyl sites for hydroxylation is 1. The maximum absolute atomic E-state index is 14.3. The maximum Gasteiger partial charge on any atom is 0.414 e. The smallest absolute Gasteiger partial charge is 0.414 e. The number of nitrogens with one attached hydrogen (secondary N) is 2. The third kappa shape index (κ3) is 7.68. The van der Waals surface area contributed by atoms with Gasteiger partial charge in [0.05, 0.1) is 24.0 Å². The minimum atomic E-state index is -1.01. The average molecular weight is 663 g/mol. The molecule has 0 spiro atoms. The highest BCUT2D eigenvalue weighted by Crippen LogP contribution is 2.41. The first kappa shape index (κ1) is 35.3. The number of aliphatic hydroxyl groups is 1. The van der Waals surface area contributed by atoms with Crippen LogP contribution in [0.15, 0.2) is 47.5 Å². The summed E-state index contributed by atoms with van der Waals surface area (Å²) >= 11 is 0. The van der Waals surface area contributed by atoms with Gasteiger partial charge in [-0.2, -0.15) is 0 Å². The Hall–Kier alpha value is -3.96. The maximum atomic E-state index is 14.3. The van der Waals surface area contributed by atoms with Crippen molar-refractivity contribution in [3.63, 3.8) is 0 Å². The lowest BCUT2D eigenvalue weighted by Gasteiger charge is -2.42. The summed E-state index contributed by atoms with van der Waals surface area (Å²) < 4.78 is 17.2. The number of carbonyl (C=O) groups excluding carboxylic acids is 3. The molecule has 2 aromatic rings. The second-order valence-electron chi connectivity index (χ2n) is 14.7. The molecule has 3 amide bonds. The number of ether oxygens (including phenoxy) is 3. The minimum absolute atomic E-state index is 0.132. The van der Waals surface area contributed by atoms with Gasteiger partial charge >= 0.3 is 6.09 Å². The van der Waals surface area contributed by atoms with Crippen LogP contribution in [-0.4, -0.2) is 70.4 Å². The molecule has 0 saturated carbocycles. The number of methoxy groups -OCH3 is 1. The summed E-state index contributed by atoms with van der Waals surface area (Å²) in [5, 5.41) is 17.3. The summed E-state index contributed by atoms with van der Waals surface area (Å²) in [6.45, 7) is 11.3. The molecule has 4 atom stereocenters. The zero-order valence-electron chi connectivity index (χ0n) is 29.2. The monoisotopic (exact) mass is 662 g/mol. The second-order valence-corrected chi connectivity index (χ2v) is 14.7. The third-order valence-electron chi connectivity index (χ3n) is 9.49. The molecule has 4 heterocycles. The van der Waals surface area contributed by atoms with Gasteiger partial charge in [-0.05, 0) is 102 Å². The number of carbonyl (C=O) groups is 3. The molecule has 6 rings (SSSR count). The van der Waals surface area contributed by atoms with Crippen LogP contribution in [0.3, 0.4) is 0 Å². The molecule has 1 unspecified atom stereocenters. The van der Waals surface area contributed by atoms with E-state index in [1.165, 1.54) is 4.90 Å². The zero-order valence-corrected chi connectivity index (χ0v) is 29.2. The van der Waals surface area contributed by atoms with E-state index in [2.05, 4.69) is 10.6 Å². The lowest BCUT2D eigenvalue weighted by Crippen LogP contribution is -2.56. The Kier molecular flexibility index (Phi) is 10.2. The molecule has 11 heteroatoms. The highest BCUT2D eigenvalue weighted by molar-refractivity contribution is 6.05. The van der Waals surface area contributed by atoms with Gasteiger partial charge in [0, 0.05) is 24.8 Å². The van der Waals surface area contributed by atoms with Gasteiger partial charge in [-0.3, -0.25) is 19.8 Å². The number of aliphatic hydroxyl groups excluding tert-OH is 1. The van der Waals surface area contributed by atoms with E-state index in [4.69, 9.17) is 19.2 Å². The van der Waals surface area contributed by atoms with Crippen molar-refractivity contribution in [2.24, 2.45) is 4.99 Å². The largest absolute Gasteiger partial charge is 0.485 e. The first-order chi connectivity index (χ1) is 22.6. The summed E-state index contributed by atoms with van der Waals surface area (Å²) in [4.78, 5) is 48.0. The Balaban J connectivity index is 1.62. The van der Waals surface area contributed by atoms with Crippen molar-refractivity contribution >= 4 is 23.9 Å². The first-order valence-electron chi connectivity index (χ1n) is 17.0. The fourth-order valence-electron chi connectivity index (χ4n) is 6.86. The molecule has 0 aliphatic carbocycles. The van der Waals surface area contributed by atoms with Crippen LogP contribution >= 0.6 is 0 Å². The molecular formula is C37H50N4O7. The molecule has 0 aromatic heterocycles. The first-order valence-corrected chi connectivity index (χ1v) is 17.0. The summed E-state index contributed by atoms with van der Waals surface area (Å²) in [7, 11) is 1.59. The van der Waals surface area contributed by atoms with Crippen LogP contribution in [-0.2, 0) is 20.7 Å². The number of hydrogen-bond donors (Lipinski definition) is 3. The van der Waals surface area contributed by atoms with E-state index >= 15 is 0 Å². The number of amides is 3. The van der Waals surface area contributed by atoms with Crippen molar-refractivity contribution in [1.82, 2.24) is 15.5 Å². The molecule has 0 saturated heterocycles. The van der Waals surface area contributed by atoms with Crippen molar-refractivity contribution in [2.45, 2.75) is 121 Å².